The van der Waals surface area contributed by atoms with Gasteiger partial charge in [0.15, 0.2) is 5.79 Å². The van der Waals surface area contributed by atoms with Gasteiger partial charge in [0.1, 0.15) is 12.2 Å². The molecule has 1 aliphatic heterocycles. The Balaban J connectivity index is 2.13. The molecule has 2 aliphatic rings. The van der Waals surface area contributed by atoms with E-state index in [-0.39, 0.29) is 18.5 Å². The van der Waals surface area contributed by atoms with Gasteiger partial charge in [0.25, 0.3) is 0 Å². The van der Waals surface area contributed by atoms with Crippen molar-refractivity contribution in [2.75, 3.05) is 6.61 Å². The smallest absolute Gasteiger partial charge is 0.333 e. The monoisotopic (exact) mass is 270 g/mol. The second-order valence-electron chi connectivity index (χ2n) is 5.23. The summed E-state index contributed by atoms with van der Waals surface area (Å²) in [7, 11) is 0. The fourth-order valence-electron chi connectivity index (χ4n) is 2.72. The summed E-state index contributed by atoms with van der Waals surface area (Å²) >= 11 is 0. The van der Waals surface area contributed by atoms with Crippen molar-refractivity contribution in [2.24, 2.45) is 0 Å². The Bertz CT molecular complexity index is 378. The predicted octanol–water partition coefficient (Wildman–Crippen LogP) is 1.54. The minimum absolute atomic E-state index is 0.256. The third kappa shape index (κ3) is 2.99. The third-order valence-corrected chi connectivity index (χ3v) is 3.51. The van der Waals surface area contributed by atoms with Gasteiger partial charge in [-0.05, 0) is 19.9 Å². The molecular weight excluding hydrogens is 248 g/mol. The summed E-state index contributed by atoms with van der Waals surface area (Å²) in [5, 5.41) is 10.1. The van der Waals surface area contributed by atoms with Crippen LogP contribution in [0.25, 0.3) is 0 Å². The van der Waals surface area contributed by atoms with Crippen molar-refractivity contribution in [3.05, 3.63) is 11.6 Å². The maximum atomic E-state index is 11.7. The fraction of sp³-hybridized carbons (Fsp3) is 0.786. The summed E-state index contributed by atoms with van der Waals surface area (Å²) in [5.74, 6) is -1.06. The number of aliphatic hydroxyl groups excluding tert-OH is 1. The van der Waals surface area contributed by atoms with Gasteiger partial charge in [-0.25, -0.2) is 4.79 Å². The largest absolute Gasteiger partial charge is 0.463 e. The average molecular weight is 270 g/mol. The molecule has 5 heteroatoms. The first kappa shape index (κ1) is 14.5. The van der Waals surface area contributed by atoms with E-state index in [1.807, 2.05) is 6.92 Å². The highest BCUT2D eigenvalue weighted by molar-refractivity contribution is 5.88. The fourth-order valence-corrected chi connectivity index (χ4v) is 2.72. The molecule has 0 radical (unpaired) electrons. The van der Waals surface area contributed by atoms with E-state index in [9.17, 15) is 9.90 Å². The molecule has 0 spiro atoms. The summed E-state index contributed by atoms with van der Waals surface area (Å²) in [5.41, 5.74) is 0.472. The zero-order chi connectivity index (χ0) is 14.0. The molecule has 4 atom stereocenters. The van der Waals surface area contributed by atoms with Gasteiger partial charge in [0, 0.05) is 18.4 Å². The van der Waals surface area contributed by atoms with E-state index in [1.165, 1.54) is 0 Å². The minimum atomic E-state index is -0.729. The zero-order valence-corrected chi connectivity index (χ0v) is 11.7. The Kier molecular flexibility index (Phi) is 4.28. The predicted molar refractivity (Wildman–Crippen MR) is 68.4 cm³/mol. The van der Waals surface area contributed by atoms with Crippen LogP contribution in [-0.4, -0.2) is 41.8 Å². The molecule has 0 aromatic heterocycles. The lowest BCUT2D eigenvalue weighted by molar-refractivity contribution is -0.170. The highest BCUT2D eigenvalue weighted by Crippen LogP contribution is 2.38. The van der Waals surface area contributed by atoms with Crippen LogP contribution in [0.5, 0.6) is 0 Å². The van der Waals surface area contributed by atoms with Crippen LogP contribution in [0.15, 0.2) is 11.6 Å². The lowest BCUT2D eigenvalue weighted by Crippen LogP contribution is -2.39. The number of ether oxygens (including phenoxy) is 3. The second kappa shape index (κ2) is 5.61. The lowest BCUT2D eigenvalue weighted by atomic mass is 9.92. The number of esters is 1. The van der Waals surface area contributed by atoms with Crippen molar-refractivity contribution in [3.63, 3.8) is 0 Å². The second-order valence-corrected chi connectivity index (χ2v) is 5.23. The van der Waals surface area contributed by atoms with Crippen molar-refractivity contribution in [2.45, 2.75) is 64.1 Å². The van der Waals surface area contributed by atoms with Gasteiger partial charge in [-0.15, -0.1) is 0 Å². The van der Waals surface area contributed by atoms with Crippen LogP contribution in [0, 0.1) is 0 Å². The zero-order valence-electron chi connectivity index (χ0n) is 11.7. The van der Waals surface area contributed by atoms with Crippen molar-refractivity contribution in [1.82, 2.24) is 0 Å². The van der Waals surface area contributed by atoms with Crippen LogP contribution in [-0.2, 0) is 19.0 Å². The minimum Gasteiger partial charge on any atom is -0.463 e. The summed E-state index contributed by atoms with van der Waals surface area (Å²) in [4.78, 5) is 11.7. The Morgan fingerprint density at radius 3 is 2.89 bits per heavy atom. The van der Waals surface area contributed by atoms with E-state index in [1.54, 1.807) is 13.0 Å². The normalized spacial score (nSPS) is 37.7. The number of carbonyl (C=O) groups excluding carboxylic acids is 1. The Labute approximate surface area is 113 Å². The molecule has 0 amide bonds. The van der Waals surface area contributed by atoms with E-state index < -0.39 is 18.0 Å². The topological polar surface area (TPSA) is 65.0 Å². The Morgan fingerprint density at radius 1 is 1.53 bits per heavy atom. The van der Waals surface area contributed by atoms with E-state index >= 15 is 0 Å². The maximum absolute atomic E-state index is 11.7. The molecule has 2 rings (SSSR count). The first-order chi connectivity index (χ1) is 8.99. The van der Waals surface area contributed by atoms with Gasteiger partial charge in [-0.3, -0.25) is 0 Å². The van der Waals surface area contributed by atoms with E-state index in [2.05, 4.69) is 6.92 Å². The van der Waals surface area contributed by atoms with E-state index in [0.717, 1.165) is 12.8 Å². The van der Waals surface area contributed by atoms with Gasteiger partial charge in [-0.1, -0.05) is 13.3 Å². The number of hydrogen-bond acceptors (Lipinski definition) is 5. The van der Waals surface area contributed by atoms with Crippen LogP contribution < -0.4 is 0 Å². The molecule has 0 aromatic carbocycles. The van der Waals surface area contributed by atoms with Crippen LogP contribution >= 0.6 is 0 Å². The van der Waals surface area contributed by atoms with Crippen LogP contribution in [0.1, 0.15) is 40.0 Å². The highest BCUT2D eigenvalue weighted by atomic mass is 16.8. The third-order valence-electron chi connectivity index (χ3n) is 3.51. The first-order valence-electron chi connectivity index (χ1n) is 6.90. The molecule has 0 saturated carbocycles. The molecule has 1 fully saturated rings. The Hall–Kier alpha value is -0.910. The molecule has 5 nitrogen and oxygen atoms in total. The molecular formula is C14H22O5. The quantitative estimate of drug-likeness (QED) is 0.785. The Morgan fingerprint density at radius 2 is 2.26 bits per heavy atom. The van der Waals surface area contributed by atoms with Gasteiger partial charge < -0.3 is 19.3 Å². The molecule has 4 unspecified atom stereocenters. The maximum Gasteiger partial charge on any atom is 0.333 e. The molecule has 1 aliphatic carbocycles. The first-order valence-corrected chi connectivity index (χ1v) is 6.90. The molecule has 1 N–H and O–H groups in total. The van der Waals surface area contributed by atoms with Crippen LogP contribution in [0.4, 0.5) is 0 Å². The molecule has 0 aromatic rings. The number of hydrogen-bond donors (Lipinski definition) is 1. The van der Waals surface area contributed by atoms with Crippen molar-refractivity contribution >= 4 is 5.97 Å². The summed E-state index contributed by atoms with van der Waals surface area (Å²) < 4.78 is 16.6. The van der Waals surface area contributed by atoms with E-state index in [4.69, 9.17) is 14.2 Å². The van der Waals surface area contributed by atoms with Gasteiger partial charge in [-0.2, -0.15) is 0 Å². The summed E-state index contributed by atoms with van der Waals surface area (Å²) in [6, 6.07) is 0. The van der Waals surface area contributed by atoms with Crippen molar-refractivity contribution in [3.8, 4) is 0 Å². The van der Waals surface area contributed by atoms with Crippen molar-refractivity contribution in [1.29, 1.82) is 0 Å². The number of rotatable bonds is 4. The highest BCUT2D eigenvalue weighted by Gasteiger charge is 2.48. The molecule has 0 bridgehead atoms. The number of aliphatic hydroxyl groups is 1. The van der Waals surface area contributed by atoms with E-state index in [0.29, 0.717) is 12.2 Å². The number of carbonyl (C=O) groups is 1. The molecule has 108 valence electrons. The standard InChI is InChI=1S/C14H22O5/c1-4-6-14(3)18-11-8-9(13(16)17-5-2)7-10(15)12(11)19-14/h8,10-12,15H,4-7H2,1-3H3. The SMILES string of the molecule is CCCC1(C)OC2C=C(C(=O)OCC)CC(O)C2O1. The average Bonchev–Trinajstić information content (AvgIpc) is 2.67. The van der Waals surface area contributed by atoms with Gasteiger partial charge in [0.2, 0.25) is 0 Å². The molecule has 1 heterocycles. The van der Waals surface area contributed by atoms with Crippen LogP contribution in [0.3, 0.4) is 0 Å². The van der Waals surface area contributed by atoms with Gasteiger partial charge in [0.05, 0.1) is 12.7 Å². The molecule has 19 heavy (non-hydrogen) atoms. The summed E-state index contributed by atoms with van der Waals surface area (Å²) in [6.07, 6.45) is 2.18. The lowest BCUT2D eigenvalue weighted by Gasteiger charge is -2.26. The van der Waals surface area contributed by atoms with Crippen LogP contribution in [0.2, 0.25) is 0 Å². The molecule has 1 saturated heterocycles. The number of fused-ring (bicyclic) bond motifs is 1. The van der Waals surface area contributed by atoms with Crippen molar-refractivity contribution < 1.29 is 24.1 Å². The summed E-state index contributed by atoms with van der Waals surface area (Å²) in [6.45, 7) is 6.01. The van der Waals surface area contributed by atoms with Gasteiger partial charge >= 0.3 is 5.97 Å².